The molecule has 0 aliphatic carbocycles. The lowest BCUT2D eigenvalue weighted by atomic mass is 10.2. The smallest absolute Gasteiger partial charge is 0.278 e. The van der Waals surface area contributed by atoms with Crippen molar-refractivity contribution in [3.8, 4) is 11.3 Å². The van der Waals surface area contributed by atoms with Crippen LogP contribution in [0.25, 0.3) is 11.3 Å². The van der Waals surface area contributed by atoms with E-state index in [0.29, 0.717) is 11.3 Å². The molecule has 0 aliphatic heterocycles. The summed E-state index contributed by atoms with van der Waals surface area (Å²) in [6, 6.07) is 9.03. The van der Waals surface area contributed by atoms with Crippen LogP contribution in [0.1, 0.15) is 17.6 Å². The van der Waals surface area contributed by atoms with Crippen LogP contribution in [0.5, 0.6) is 0 Å². The van der Waals surface area contributed by atoms with Crippen molar-refractivity contribution in [1.82, 2.24) is 15.0 Å². The predicted octanol–water partition coefficient (Wildman–Crippen LogP) is 2.25. The Morgan fingerprint density at radius 1 is 1.15 bits per heavy atom. The fourth-order valence-corrected chi connectivity index (χ4v) is 2.72. The van der Waals surface area contributed by atoms with E-state index in [1.807, 2.05) is 0 Å². The number of sulfonamides is 1. The number of nitrogen functional groups attached to an aromatic ring is 1. The number of hydrogen-bond donors (Lipinski definition) is 3. The van der Waals surface area contributed by atoms with Gasteiger partial charge in [0.15, 0.2) is 11.5 Å². The van der Waals surface area contributed by atoms with Crippen molar-refractivity contribution >= 4 is 27.4 Å². The van der Waals surface area contributed by atoms with Gasteiger partial charge in [0, 0.05) is 30.8 Å². The van der Waals surface area contributed by atoms with E-state index < -0.39 is 15.9 Å². The van der Waals surface area contributed by atoms with E-state index in [0.717, 1.165) is 0 Å². The topological polar surface area (TPSA) is 154 Å². The van der Waals surface area contributed by atoms with Gasteiger partial charge < -0.3 is 11.1 Å². The molecule has 2 aromatic heterocycles. The first-order valence-electron chi connectivity index (χ1n) is 7.32. The van der Waals surface area contributed by atoms with Crippen LogP contribution in [0.15, 0.2) is 59.9 Å². The summed E-state index contributed by atoms with van der Waals surface area (Å²) in [4.78, 5) is 24.6. The molecule has 142 valence electrons. The second-order valence-corrected chi connectivity index (χ2v) is 6.82. The molecule has 26 heavy (non-hydrogen) atoms. The number of carbonyl (C=O) groups is 1. The Balaban J connectivity index is -0.00000157. The summed E-state index contributed by atoms with van der Waals surface area (Å²) in [5, 5.41) is 7.62. The van der Waals surface area contributed by atoms with Gasteiger partial charge in [-0.05, 0) is 30.3 Å². The van der Waals surface area contributed by atoms with E-state index in [4.69, 9.17) is 10.9 Å². The monoisotopic (exact) mass is 380 g/mol. The molecule has 0 radical (unpaired) electrons. The van der Waals surface area contributed by atoms with Crippen molar-refractivity contribution in [3.63, 3.8) is 0 Å². The number of rotatable bonds is 4. The van der Waals surface area contributed by atoms with Crippen molar-refractivity contribution in [2.24, 2.45) is 5.14 Å². The lowest BCUT2D eigenvalue weighted by Crippen LogP contribution is -2.18. The van der Waals surface area contributed by atoms with Crippen LogP contribution in [-0.4, -0.2) is 29.3 Å². The summed E-state index contributed by atoms with van der Waals surface area (Å²) >= 11 is 0. The SMILES string of the molecule is Nc1ncc(-c2cccnc2)nc1C(=O)Nc1cccc(S(N)(=O)=O)c1.[HH].[HH].[HH].[HH].[HH]. The number of anilines is 2. The largest absolute Gasteiger partial charge is 0.382 e. The van der Waals surface area contributed by atoms with E-state index in [2.05, 4.69) is 20.3 Å². The Morgan fingerprint density at radius 3 is 2.65 bits per heavy atom. The Kier molecular flexibility index (Phi) is 4.61. The second-order valence-electron chi connectivity index (χ2n) is 5.26. The van der Waals surface area contributed by atoms with Crippen LogP contribution in [0.4, 0.5) is 11.5 Å². The van der Waals surface area contributed by atoms with Crippen LogP contribution in [0.3, 0.4) is 0 Å². The maximum atomic E-state index is 12.5. The lowest BCUT2D eigenvalue weighted by molar-refractivity contribution is 0.102. The van der Waals surface area contributed by atoms with Gasteiger partial charge in [0.2, 0.25) is 10.0 Å². The number of nitrogens with one attached hydrogen (secondary N) is 1. The molecule has 0 unspecified atom stereocenters. The van der Waals surface area contributed by atoms with Crippen LogP contribution < -0.4 is 16.2 Å². The van der Waals surface area contributed by atoms with E-state index in [1.54, 1.807) is 24.5 Å². The van der Waals surface area contributed by atoms with Crippen molar-refractivity contribution < 1.29 is 20.3 Å². The van der Waals surface area contributed by atoms with E-state index >= 15 is 0 Å². The average molecular weight is 380 g/mol. The zero-order valence-corrected chi connectivity index (χ0v) is 14.1. The number of benzene rings is 1. The van der Waals surface area contributed by atoms with Gasteiger partial charge in [0.25, 0.3) is 5.91 Å². The van der Waals surface area contributed by atoms with Gasteiger partial charge in [0.05, 0.1) is 16.8 Å². The van der Waals surface area contributed by atoms with E-state index in [1.165, 1.54) is 30.5 Å². The molecule has 1 aromatic carbocycles. The first kappa shape index (κ1) is 17.5. The number of nitrogens with two attached hydrogens (primary N) is 2. The highest BCUT2D eigenvalue weighted by atomic mass is 32.2. The Hall–Kier alpha value is -3.37. The number of amides is 1. The molecule has 9 nitrogen and oxygen atoms in total. The van der Waals surface area contributed by atoms with Crippen LogP contribution in [-0.2, 0) is 10.0 Å². The Labute approximate surface area is 156 Å². The summed E-state index contributed by atoms with van der Waals surface area (Å²) in [7, 11) is -3.89. The Morgan fingerprint density at radius 2 is 1.96 bits per heavy atom. The minimum Gasteiger partial charge on any atom is -0.382 e. The number of carbonyl (C=O) groups excluding carboxylic acids is 1. The number of pyridine rings is 1. The third-order valence-electron chi connectivity index (χ3n) is 3.39. The van der Waals surface area contributed by atoms with Crippen molar-refractivity contribution in [3.05, 3.63) is 60.7 Å². The van der Waals surface area contributed by atoms with Crippen molar-refractivity contribution in [2.45, 2.75) is 4.90 Å². The van der Waals surface area contributed by atoms with E-state index in [-0.39, 0.29) is 29.2 Å². The molecule has 5 N–H and O–H groups in total. The fourth-order valence-electron chi connectivity index (χ4n) is 2.16. The number of primary sulfonamides is 1. The van der Waals surface area contributed by atoms with E-state index in [9.17, 15) is 13.2 Å². The summed E-state index contributed by atoms with van der Waals surface area (Å²) in [5.74, 6) is -0.690. The molecule has 3 rings (SSSR count). The summed E-state index contributed by atoms with van der Waals surface area (Å²) in [6.45, 7) is 0. The van der Waals surface area contributed by atoms with Crippen LogP contribution >= 0.6 is 0 Å². The molecule has 2 heterocycles. The molecule has 0 spiro atoms. The van der Waals surface area contributed by atoms with Gasteiger partial charge >= 0.3 is 0 Å². The van der Waals surface area contributed by atoms with Crippen LogP contribution in [0.2, 0.25) is 0 Å². The maximum absolute atomic E-state index is 12.5. The van der Waals surface area contributed by atoms with Gasteiger partial charge in [-0.2, -0.15) is 0 Å². The summed E-state index contributed by atoms with van der Waals surface area (Å²) in [6.07, 6.45) is 4.63. The lowest BCUT2D eigenvalue weighted by Gasteiger charge is -2.09. The summed E-state index contributed by atoms with van der Waals surface area (Å²) < 4.78 is 22.8. The van der Waals surface area contributed by atoms with Gasteiger partial charge in [-0.25, -0.2) is 23.5 Å². The third-order valence-corrected chi connectivity index (χ3v) is 4.30. The first-order valence-corrected chi connectivity index (χ1v) is 8.86. The Bertz CT molecular complexity index is 1090. The number of nitrogens with zero attached hydrogens (tertiary/aromatic N) is 3. The van der Waals surface area contributed by atoms with Gasteiger partial charge in [-0.1, -0.05) is 6.07 Å². The van der Waals surface area contributed by atoms with Crippen molar-refractivity contribution in [1.29, 1.82) is 0 Å². The van der Waals surface area contributed by atoms with Gasteiger partial charge in [-0.15, -0.1) is 0 Å². The van der Waals surface area contributed by atoms with Crippen LogP contribution in [0, 0.1) is 0 Å². The third kappa shape index (κ3) is 3.82. The average Bonchev–Trinajstić information content (AvgIpc) is 2.62. The molecular formula is C16H24N6O3S. The molecule has 0 fully saturated rings. The minimum atomic E-state index is -3.89. The molecule has 10 heteroatoms. The first-order chi connectivity index (χ1) is 12.3. The highest BCUT2D eigenvalue weighted by Gasteiger charge is 2.16. The van der Waals surface area contributed by atoms with Gasteiger partial charge in [0.1, 0.15) is 0 Å². The zero-order valence-electron chi connectivity index (χ0n) is 13.3. The fraction of sp³-hybridized carbons (Fsp3) is 0. The maximum Gasteiger partial charge on any atom is 0.278 e. The molecule has 0 atom stereocenters. The molecule has 0 bridgehead atoms. The molecule has 0 saturated heterocycles. The number of aromatic nitrogens is 3. The van der Waals surface area contributed by atoms with Crippen molar-refractivity contribution in [2.75, 3.05) is 11.1 Å². The normalized spacial score (nSPS) is 11.1. The standard InChI is InChI=1S/C16H14N6O3S.5H2/c17-15-14(22-13(9-20-15)10-3-2-6-19-8-10)16(23)21-11-4-1-5-12(7-11)26(18,24)25;;;;;/h1-9H,(H2,17,20)(H,21,23)(H2,18,24,25);5*1H. The highest BCUT2D eigenvalue weighted by Crippen LogP contribution is 2.19. The quantitative estimate of drug-likeness (QED) is 0.627. The molecule has 3 aromatic rings. The molecular weight excluding hydrogens is 356 g/mol. The molecule has 0 saturated carbocycles. The van der Waals surface area contributed by atoms with Gasteiger partial charge in [-0.3, -0.25) is 9.78 Å². The predicted molar refractivity (Wildman–Crippen MR) is 106 cm³/mol. The minimum absolute atomic E-state index is 0. The zero-order chi connectivity index (χ0) is 18.7. The molecule has 1 amide bonds. The summed E-state index contributed by atoms with van der Waals surface area (Å²) in [5.41, 5.74) is 6.99. The molecule has 0 aliphatic rings. The second kappa shape index (κ2) is 6.86. The highest BCUT2D eigenvalue weighted by molar-refractivity contribution is 7.89. The number of hydrogen-bond acceptors (Lipinski definition) is 7.